The second-order valence-electron chi connectivity index (χ2n) is 4.71. The van der Waals surface area contributed by atoms with Crippen LogP contribution in [0.2, 0.25) is 0 Å². The molecule has 1 aliphatic heterocycles. The topological polar surface area (TPSA) is 20.3 Å². The monoisotopic (exact) mass is 249 g/mol. The average molecular weight is 249 g/mol. The van der Waals surface area contributed by atoms with Gasteiger partial charge in [0, 0.05) is 17.5 Å². The van der Waals surface area contributed by atoms with Crippen molar-refractivity contribution in [2.75, 3.05) is 6.54 Å². The molecule has 3 heteroatoms. The van der Waals surface area contributed by atoms with E-state index in [1.165, 1.54) is 12.8 Å². The number of thiol groups is 1. The fraction of sp³-hybridized carbons (Fsp3) is 0.500. The minimum absolute atomic E-state index is 0.130. The van der Waals surface area contributed by atoms with E-state index in [0.29, 0.717) is 6.04 Å². The highest BCUT2D eigenvalue weighted by atomic mass is 32.1. The van der Waals surface area contributed by atoms with Gasteiger partial charge in [0.2, 0.25) is 0 Å². The van der Waals surface area contributed by atoms with Crippen molar-refractivity contribution in [3.8, 4) is 0 Å². The minimum Gasteiger partial charge on any atom is -0.336 e. The van der Waals surface area contributed by atoms with E-state index in [4.69, 9.17) is 0 Å². The summed E-state index contributed by atoms with van der Waals surface area (Å²) in [6.07, 6.45) is 4.69. The van der Waals surface area contributed by atoms with Crippen LogP contribution in [0.25, 0.3) is 0 Å². The molecule has 17 heavy (non-hydrogen) atoms. The van der Waals surface area contributed by atoms with E-state index in [0.717, 1.165) is 29.8 Å². The molecular weight excluding hydrogens is 230 g/mol. The van der Waals surface area contributed by atoms with Crippen molar-refractivity contribution in [3.63, 3.8) is 0 Å². The second kappa shape index (κ2) is 5.58. The van der Waals surface area contributed by atoms with Crippen molar-refractivity contribution in [1.29, 1.82) is 0 Å². The molecule has 0 N–H and O–H groups in total. The van der Waals surface area contributed by atoms with Crippen molar-refractivity contribution < 1.29 is 4.79 Å². The van der Waals surface area contributed by atoms with Crippen LogP contribution in [0.4, 0.5) is 0 Å². The quantitative estimate of drug-likeness (QED) is 0.757. The molecule has 0 radical (unpaired) electrons. The van der Waals surface area contributed by atoms with Crippen LogP contribution in [0.15, 0.2) is 29.2 Å². The Morgan fingerprint density at radius 1 is 1.29 bits per heavy atom. The molecule has 0 aromatic heterocycles. The largest absolute Gasteiger partial charge is 0.336 e. The lowest BCUT2D eigenvalue weighted by molar-refractivity contribution is 0.0694. The fourth-order valence-corrected chi connectivity index (χ4v) is 2.64. The van der Waals surface area contributed by atoms with Gasteiger partial charge in [-0.3, -0.25) is 4.79 Å². The summed E-state index contributed by atoms with van der Waals surface area (Å²) in [5, 5.41) is 0. The first-order valence-electron chi connectivity index (χ1n) is 6.29. The van der Waals surface area contributed by atoms with Crippen molar-refractivity contribution >= 4 is 18.5 Å². The predicted octanol–water partition coefficient (Wildman–Crippen LogP) is 3.38. The van der Waals surface area contributed by atoms with Gasteiger partial charge in [0.05, 0.1) is 5.56 Å². The van der Waals surface area contributed by atoms with E-state index in [1.54, 1.807) is 0 Å². The van der Waals surface area contributed by atoms with Gasteiger partial charge in [-0.1, -0.05) is 25.0 Å². The fourth-order valence-electron chi connectivity index (χ4n) is 2.39. The normalized spacial score (nSPS) is 21.1. The Kier molecular flexibility index (Phi) is 4.11. The van der Waals surface area contributed by atoms with Crippen molar-refractivity contribution in [3.05, 3.63) is 29.8 Å². The van der Waals surface area contributed by atoms with E-state index >= 15 is 0 Å². The molecule has 0 saturated carbocycles. The van der Waals surface area contributed by atoms with E-state index in [9.17, 15) is 4.79 Å². The van der Waals surface area contributed by atoms with Crippen LogP contribution < -0.4 is 0 Å². The second-order valence-corrected chi connectivity index (χ2v) is 5.20. The van der Waals surface area contributed by atoms with Gasteiger partial charge in [0.1, 0.15) is 0 Å². The molecule has 1 aromatic carbocycles. The third-order valence-electron chi connectivity index (χ3n) is 3.45. The summed E-state index contributed by atoms with van der Waals surface area (Å²) >= 11 is 4.37. The van der Waals surface area contributed by atoms with Gasteiger partial charge in [0.25, 0.3) is 5.91 Å². The number of amides is 1. The Hall–Kier alpha value is -0.960. The first-order chi connectivity index (χ1) is 8.20. The number of carbonyl (C=O) groups excluding carboxylic acids is 1. The lowest BCUT2D eigenvalue weighted by atomic mass is 10.1. The number of hydrogen-bond acceptors (Lipinski definition) is 2. The summed E-state index contributed by atoms with van der Waals surface area (Å²) < 4.78 is 0. The van der Waals surface area contributed by atoms with Crippen LogP contribution >= 0.6 is 12.6 Å². The highest BCUT2D eigenvalue weighted by molar-refractivity contribution is 7.80. The van der Waals surface area contributed by atoms with Crippen LogP contribution in [0.1, 0.15) is 43.0 Å². The van der Waals surface area contributed by atoms with Crippen molar-refractivity contribution in [1.82, 2.24) is 4.90 Å². The lowest BCUT2D eigenvalue weighted by Gasteiger charge is -2.27. The first-order valence-corrected chi connectivity index (χ1v) is 6.74. The van der Waals surface area contributed by atoms with Crippen LogP contribution in [0.5, 0.6) is 0 Å². The SMILES string of the molecule is CC1CCCCCN1C(=O)c1ccccc1S. The molecule has 1 unspecified atom stereocenters. The van der Waals surface area contributed by atoms with Crippen molar-refractivity contribution in [2.45, 2.75) is 43.5 Å². The van der Waals surface area contributed by atoms with Gasteiger partial charge in [-0.25, -0.2) is 0 Å². The van der Waals surface area contributed by atoms with E-state index < -0.39 is 0 Å². The zero-order chi connectivity index (χ0) is 12.3. The summed E-state index contributed by atoms with van der Waals surface area (Å²) in [5.74, 6) is 0.130. The van der Waals surface area contributed by atoms with E-state index in [1.807, 2.05) is 29.2 Å². The third-order valence-corrected chi connectivity index (χ3v) is 3.84. The Bertz CT molecular complexity index is 405. The summed E-state index contributed by atoms with van der Waals surface area (Å²) in [4.78, 5) is 15.2. The first kappa shape index (κ1) is 12.5. The molecule has 1 fully saturated rings. The van der Waals surface area contributed by atoms with Crippen LogP contribution in [-0.2, 0) is 0 Å². The van der Waals surface area contributed by atoms with Crippen LogP contribution in [0.3, 0.4) is 0 Å². The van der Waals surface area contributed by atoms with Crippen LogP contribution in [0, 0.1) is 0 Å². The number of likely N-dealkylation sites (tertiary alicyclic amines) is 1. The Balaban J connectivity index is 2.21. The average Bonchev–Trinajstić information content (AvgIpc) is 2.54. The molecule has 2 rings (SSSR count). The molecule has 1 atom stereocenters. The van der Waals surface area contributed by atoms with Gasteiger partial charge in [-0.15, -0.1) is 12.6 Å². The number of rotatable bonds is 1. The number of nitrogens with zero attached hydrogens (tertiary/aromatic N) is 1. The molecular formula is C14H19NOS. The maximum absolute atomic E-state index is 12.5. The zero-order valence-electron chi connectivity index (χ0n) is 10.2. The summed E-state index contributed by atoms with van der Waals surface area (Å²) in [6, 6.07) is 7.89. The molecule has 1 aromatic rings. The lowest BCUT2D eigenvalue weighted by Crippen LogP contribution is -2.38. The highest BCUT2D eigenvalue weighted by Crippen LogP contribution is 2.21. The van der Waals surface area contributed by atoms with Gasteiger partial charge in [-0.05, 0) is 31.9 Å². The summed E-state index contributed by atoms with van der Waals surface area (Å²) in [7, 11) is 0. The molecule has 0 bridgehead atoms. The molecule has 2 nitrogen and oxygen atoms in total. The minimum atomic E-state index is 0.130. The molecule has 1 heterocycles. The zero-order valence-corrected chi connectivity index (χ0v) is 11.1. The van der Waals surface area contributed by atoms with Gasteiger partial charge < -0.3 is 4.90 Å². The highest BCUT2D eigenvalue weighted by Gasteiger charge is 2.23. The molecule has 1 saturated heterocycles. The van der Waals surface area contributed by atoms with Crippen molar-refractivity contribution in [2.24, 2.45) is 0 Å². The number of benzene rings is 1. The molecule has 1 aliphatic rings. The molecule has 92 valence electrons. The van der Waals surface area contributed by atoms with Gasteiger partial charge in [-0.2, -0.15) is 0 Å². The maximum Gasteiger partial charge on any atom is 0.255 e. The third kappa shape index (κ3) is 2.83. The molecule has 0 spiro atoms. The van der Waals surface area contributed by atoms with E-state index in [-0.39, 0.29) is 5.91 Å². The molecule has 0 aliphatic carbocycles. The maximum atomic E-state index is 12.5. The number of carbonyl (C=O) groups is 1. The van der Waals surface area contributed by atoms with Gasteiger partial charge in [0.15, 0.2) is 0 Å². The smallest absolute Gasteiger partial charge is 0.255 e. The molecule has 1 amide bonds. The van der Waals surface area contributed by atoms with E-state index in [2.05, 4.69) is 19.6 Å². The van der Waals surface area contributed by atoms with Gasteiger partial charge >= 0.3 is 0 Å². The number of hydrogen-bond donors (Lipinski definition) is 1. The predicted molar refractivity (Wildman–Crippen MR) is 72.7 cm³/mol. The Morgan fingerprint density at radius 3 is 2.82 bits per heavy atom. The Labute approximate surface area is 108 Å². The summed E-state index contributed by atoms with van der Waals surface area (Å²) in [5.41, 5.74) is 0.726. The van der Waals surface area contributed by atoms with Crippen LogP contribution in [-0.4, -0.2) is 23.4 Å². The standard InChI is InChI=1S/C14H19NOS/c1-11-7-3-2-6-10-15(11)14(16)12-8-4-5-9-13(12)17/h4-5,8-9,11,17H,2-3,6-7,10H2,1H3. The summed E-state index contributed by atoms with van der Waals surface area (Å²) in [6.45, 7) is 3.02. The Morgan fingerprint density at radius 2 is 2.06 bits per heavy atom.